The van der Waals surface area contributed by atoms with Gasteiger partial charge in [0.15, 0.2) is 10.8 Å². The van der Waals surface area contributed by atoms with Crippen molar-refractivity contribution in [2.75, 3.05) is 30.3 Å². The minimum atomic E-state index is -4.42. The molecule has 0 N–H and O–H groups in total. The number of hydrogen-bond donors (Lipinski definition) is 0. The molecule has 2 fully saturated rings. The predicted octanol–water partition coefficient (Wildman–Crippen LogP) is 2.17. The third-order valence-electron chi connectivity index (χ3n) is 4.06. The van der Waals surface area contributed by atoms with Crippen molar-refractivity contribution >= 4 is 26.5 Å². The average molecular weight is 355 g/mol. The molecule has 5 nitrogen and oxygen atoms in total. The highest BCUT2D eigenvalue weighted by molar-refractivity contribution is 7.89. The number of halogens is 3. The maximum atomic E-state index is 12.6. The molecule has 0 bridgehead atoms. The van der Waals surface area contributed by atoms with Gasteiger partial charge in [-0.1, -0.05) is 0 Å². The number of aromatic nitrogens is 1. The van der Waals surface area contributed by atoms with Gasteiger partial charge in [0.05, 0.1) is 5.75 Å². The molecule has 3 rings (SSSR count). The Labute approximate surface area is 130 Å². The molecule has 0 amide bonds. The van der Waals surface area contributed by atoms with Gasteiger partial charge in [-0.15, -0.1) is 11.3 Å². The van der Waals surface area contributed by atoms with E-state index in [-0.39, 0.29) is 11.8 Å². The van der Waals surface area contributed by atoms with Gasteiger partial charge in [0.25, 0.3) is 0 Å². The van der Waals surface area contributed by atoms with Gasteiger partial charge in [-0.25, -0.2) is 13.4 Å². The lowest BCUT2D eigenvalue weighted by Gasteiger charge is -2.35. The molecule has 1 aromatic heterocycles. The number of piperidine rings is 1. The fourth-order valence-corrected chi connectivity index (χ4v) is 5.64. The maximum Gasteiger partial charge on any atom is 0.434 e. The summed E-state index contributed by atoms with van der Waals surface area (Å²) in [6.07, 6.45) is -2.51. The molecule has 0 saturated carbocycles. The third-order valence-corrected chi connectivity index (χ3v) is 6.96. The first-order valence-electron chi connectivity index (χ1n) is 7.04. The lowest BCUT2D eigenvalue weighted by molar-refractivity contribution is -0.140. The van der Waals surface area contributed by atoms with Crippen molar-refractivity contribution in [3.05, 3.63) is 11.1 Å². The lowest BCUT2D eigenvalue weighted by atomic mass is 10.1. The molecule has 0 aromatic carbocycles. The van der Waals surface area contributed by atoms with Gasteiger partial charge in [0.1, 0.15) is 0 Å². The Bertz CT molecular complexity index is 636. The van der Waals surface area contributed by atoms with E-state index in [1.54, 1.807) is 9.21 Å². The van der Waals surface area contributed by atoms with E-state index in [0.29, 0.717) is 44.0 Å². The Morgan fingerprint density at radius 1 is 1.23 bits per heavy atom. The number of anilines is 1. The van der Waals surface area contributed by atoms with E-state index in [1.165, 1.54) is 0 Å². The highest BCUT2D eigenvalue weighted by Gasteiger charge is 2.37. The Morgan fingerprint density at radius 3 is 2.41 bits per heavy atom. The summed E-state index contributed by atoms with van der Waals surface area (Å²) < 4.78 is 63.1. The summed E-state index contributed by atoms with van der Waals surface area (Å²) in [5.74, 6) is 0.203. The largest absolute Gasteiger partial charge is 0.434 e. The maximum absolute atomic E-state index is 12.6. The van der Waals surface area contributed by atoms with Crippen molar-refractivity contribution in [2.45, 2.75) is 31.5 Å². The topological polar surface area (TPSA) is 53.5 Å². The van der Waals surface area contributed by atoms with Crippen molar-refractivity contribution in [3.8, 4) is 0 Å². The molecule has 124 valence electrons. The van der Waals surface area contributed by atoms with Crippen LogP contribution in [0.3, 0.4) is 0 Å². The molecule has 0 atom stereocenters. The van der Waals surface area contributed by atoms with E-state index in [4.69, 9.17) is 0 Å². The Kier molecular flexibility index (Phi) is 4.11. The molecule has 2 aliphatic rings. The summed E-state index contributed by atoms with van der Waals surface area (Å²) >= 11 is 0.979. The number of sulfonamides is 1. The van der Waals surface area contributed by atoms with Crippen molar-refractivity contribution in [2.24, 2.45) is 0 Å². The zero-order valence-electron chi connectivity index (χ0n) is 11.7. The monoisotopic (exact) mass is 355 g/mol. The second-order valence-electron chi connectivity index (χ2n) is 5.51. The minimum absolute atomic E-state index is 0.0363. The first kappa shape index (κ1) is 16.0. The fraction of sp³-hybridized carbons (Fsp3) is 0.750. The second kappa shape index (κ2) is 5.64. The van der Waals surface area contributed by atoms with Crippen molar-refractivity contribution in [1.82, 2.24) is 9.29 Å². The van der Waals surface area contributed by atoms with Gasteiger partial charge in [-0.2, -0.15) is 17.5 Å². The van der Waals surface area contributed by atoms with Crippen LogP contribution < -0.4 is 4.90 Å². The zero-order valence-corrected chi connectivity index (χ0v) is 13.3. The summed E-state index contributed by atoms with van der Waals surface area (Å²) in [5, 5.41) is 1.38. The SMILES string of the molecule is O=S1(=O)CCCN1C1CCN(c2nc(C(F)(F)F)cs2)CC1. The van der Waals surface area contributed by atoms with Crippen LogP contribution in [-0.2, 0) is 16.2 Å². The molecule has 0 unspecified atom stereocenters. The molecular formula is C12H16F3N3O2S2. The molecule has 22 heavy (non-hydrogen) atoms. The van der Waals surface area contributed by atoms with E-state index in [9.17, 15) is 21.6 Å². The molecule has 2 saturated heterocycles. The fourth-order valence-electron chi connectivity index (χ4n) is 2.95. The van der Waals surface area contributed by atoms with Gasteiger partial charge in [0, 0.05) is 31.1 Å². The summed E-state index contributed by atoms with van der Waals surface area (Å²) in [4.78, 5) is 5.45. The van der Waals surface area contributed by atoms with Crippen LogP contribution in [-0.4, -0.2) is 49.1 Å². The van der Waals surface area contributed by atoms with Gasteiger partial charge >= 0.3 is 6.18 Å². The molecule has 1 aromatic rings. The Balaban J connectivity index is 1.64. The molecular weight excluding hydrogens is 339 g/mol. The first-order chi connectivity index (χ1) is 10.3. The van der Waals surface area contributed by atoms with Crippen LogP contribution in [0.1, 0.15) is 25.0 Å². The number of nitrogens with zero attached hydrogens (tertiary/aromatic N) is 3. The van der Waals surface area contributed by atoms with Gasteiger partial charge in [-0.05, 0) is 19.3 Å². The van der Waals surface area contributed by atoms with Gasteiger partial charge in [-0.3, -0.25) is 0 Å². The third kappa shape index (κ3) is 3.09. The second-order valence-corrected chi connectivity index (χ2v) is 8.39. The quantitative estimate of drug-likeness (QED) is 0.816. The smallest absolute Gasteiger partial charge is 0.348 e. The number of thiazole rings is 1. The van der Waals surface area contributed by atoms with Crippen molar-refractivity contribution < 1.29 is 21.6 Å². The van der Waals surface area contributed by atoms with E-state index >= 15 is 0 Å². The van der Waals surface area contributed by atoms with Crippen molar-refractivity contribution in [3.63, 3.8) is 0 Å². The van der Waals surface area contributed by atoms with Crippen molar-refractivity contribution in [1.29, 1.82) is 0 Å². The summed E-state index contributed by atoms with van der Waals surface area (Å²) in [6.45, 7) is 1.62. The van der Waals surface area contributed by atoms with Crippen LogP contribution in [0, 0.1) is 0 Å². The Hall–Kier alpha value is -0.870. The van der Waals surface area contributed by atoms with E-state index < -0.39 is 21.9 Å². The summed E-state index contributed by atoms with van der Waals surface area (Å²) in [5.41, 5.74) is -0.864. The van der Waals surface area contributed by atoms with E-state index in [2.05, 4.69) is 4.98 Å². The summed E-state index contributed by atoms with van der Waals surface area (Å²) in [6, 6.07) is -0.0363. The van der Waals surface area contributed by atoms with Crippen LogP contribution >= 0.6 is 11.3 Å². The highest BCUT2D eigenvalue weighted by atomic mass is 32.2. The number of alkyl halides is 3. The normalized spacial score (nSPS) is 24.0. The molecule has 10 heteroatoms. The van der Waals surface area contributed by atoms with Crippen LogP contribution in [0.15, 0.2) is 5.38 Å². The standard InChI is InChI=1S/C12H16F3N3O2S2/c13-12(14,15)10-8-21-11(16-10)17-5-2-9(3-6-17)18-4-1-7-22(18,19)20/h8-9H,1-7H2. The molecule has 0 spiro atoms. The van der Waals surface area contributed by atoms with Crippen LogP contribution in [0.25, 0.3) is 0 Å². The highest BCUT2D eigenvalue weighted by Crippen LogP contribution is 2.34. The zero-order chi connectivity index (χ0) is 16.0. The van der Waals surface area contributed by atoms with E-state index in [1.807, 2.05) is 0 Å². The van der Waals surface area contributed by atoms with Crippen LogP contribution in [0.2, 0.25) is 0 Å². The molecule has 0 aliphatic carbocycles. The summed E-state index contributed by atoms with van der Waals surface area (Å²) in [7, 11) is -3.13. The van der Waals surface area contributed by atoms with Gasteiger partial charge < -0.3 is 4.90 Å². The lowest BCUT2D eigenvalue weighted by Crippen LogP contribution is -2.45. The number of rotatable bonds is 2. The molecule has 0 radical (unpaired) electrons. The van der Waals surface area contributed by atoms with Crippen LogP contribution in [0.4, 0.5) is 18.3 Å². The Morgan fingerprint density at radius 2 is 1.91 bits per heavy atom. The van der Waals surface area contributed by atoms with E-state index in [0.717, 1.165) is 16.7 Å². The predicted molar refractivity (Wildman–Crippen MR) is 77.5 cm³/mol. The molecule has 2 aliphatic heterocycles. The van der Waals surface area contributed by atoms with Crippen LogP contribution in [0.5, 0.6) is 0 Å². The minimum Gasteiger partial charge on any atom is -0.348 e. The number of hydrogen-bond acceptors (Lipinski definition) is 5. The first-order valence-corrected chi connectivity index (χ1v) is 9.53. The molecule has 3 heterocycles. The van der Waals surface area contributed by atoms with Gasteiger partial charge in [0.2, 0.25) is 10.0 Å². The average Bonchev–Trinajstić information content (AvgIpc) is 3.05.